The van der Waals surface area contributed by atoms with E-state index in [0.29, 0.717) is 31.5 Å². The number of carbonyl (C=O) groups is 2. The third-order valence-corrected chi connectivity index (χ3v) is 3.78. The van der Waals surface area contributed by atoms with Crippen LogP contribution in [0, 0.1) is 0 Å². The first kappa shape index (κ1) is 15.3. The van der Waals surface area contributed by atoms with Crippen molar-refractivity contribution in [3.05, 3.63) is 35.9 Å². The zero-order valence-electron chi connectivity index (χ0n) is 12.0. The van der Waals surface area contributed by atoms with Crippen molar-refractivity contribution in [2.24, 2.45) is 0 Å². The summed E-state index contributed by atoms with van der Waals surface area (Å²) >= 11 is 0. The number of nitrogens with one attached hydrogen (secondary N) is 1. The van der Waals surface area contributed by atoms with Crippen molar-refractivity contribution in [3.8, 4) is 0 Å². The highest BCUT2D eigenvalue weighted by molar-refractivity contribution is 5.83. The Kier molecular flexibility index (Phi) is 4.47. The average molecular weight is 292 g/mol. The van der Waals surface area contributed by atoms with Gasteiger partial charge in [-0.15, -0.1) is 0 Å². The molecule has 0 aliphatic carbocycles. The van der Waals surface area contributed by atoms with Gasteiger partial charge in [0.15, 0.2) is 6.04 Å². The molecule has 0 saturated carbocycles. The van der Waals surface area contributed by atoms with Gasteiger partial charge in [0.05, 0.1) is 5.60 Å². The molecule has 0 spiro atoms. The van der Waals surface area contributed by atoms with Gasteiger partial charge in [-0.1, -0.05) is 30.3 Å². The van der Waals surface area contributed by atoms with Gasteiger partial charge in [-0.05, 0) is 25.3 Å². The van der Waals surface area contributed by atoms with Crippen molar-refractivity contribution >= 4 is 12.0 Å². The Bertz CT molecular complexity index is 506. The van der Waals surface area contributed by atoms with Crippen LogP contribution in [0.5, 0.6) is 0 Å². The van der Waals surface area contributed by atoms with Crippen LogP contribution >= 0.6 is 0 Å². The van der Waals surface area contributed by atoms with Crippen LogP contribution in [0.1, 0.15) is 31.4 Å². The van der Waals surface area contributed by atoms with Gasteiger partial charge in [-0.2, -0.15) is 0 Å². The van der Waals surface area contributed by atoms with E-state index in [9.17, 15) is 19.8 Å². The third kappa shape index (κ3) is 3.95. The zero-order chi connectivity index (χ0) is 15.5. The molecule has 0 bridgehead atoms. The van der Waals surface area contributed by atoms with Gasteiger partial charge in [-0.3, -0.25) is 0 Å². The molecule has 1 fully saturated rings. The minimum absolute atomic E-state index is 0.415. The molecule has 114 valence electrons. The molecule has 1 aromatic rings. The molecule has 1 heterocycles. The van der Waals surface area contributed by atoms with Crippen molar-refractivity contribution < 1.29 is 19.8 Å². The summed E-state index contributed by atoms with van der Waals surface area (Å²) in [5.41, 5.74) is -0.218. The smallest absolute Gasteiger partial charge is 0.330 e. The largest absolute Gasteiger partial charge is 0.479 e. The van der Waals surface area contributed by atoms with Gasteiger partial charge in [0.25, 0.3) is 0 Å². The van der Waals surface area contributed by atoms with E-state index in [-0.39, 0.29) is 0 Å². The minimum Gasteiger partial charge on any atom is -0.479 e. The van der Waals surface area contributed by atoms with Crippen molar-refractivity contribution in [3.63, 3.8) is 0 Å². The second kappa shape index (κ2) is 6.13. The quantitative estimate of drug-likeness (QED) is 0.785. The summed E-state index contributed by atoms with van der Waals surface area (Å²) in [6, 6.07) is 7.10. The molecule has 2 rings (SSSR count). The Morgan fingerprint density at radius 3 is 2.33 bits per heavy atom. The number of carbonyl (C=O) groups excluding carboxylic acids is 1. The Labute approximate surface area is 123 Å². The number of hydrogen-bond donors (Lipinski definition) is 3. The van der Waals surface area contributed by atoms with E-state index < -0.39 is 23.6 Å². The third-order valence-electron chi connectivity index (χ3n) is 3.78. The number of piperidine rings is 1. The number of carboxylic acid groups (broad SMARTS) is 1. The van der Waals surface area contributed by atoms with Crippen LogP contribution in [0.25, 0.3) is 0 Å². The summed E-state index contributed by atoms with van der Waals surface area (Å²) in [5.74, 6) is -1.10. The lowest BCUT2D eigenvalue weighted by Crippen LogP contribution is -2.50. The number of rotatable bonds is 3. The molecule has 1 aliphatic rings. The fourth-order valence-electron chi connectivity index (χ4n) is 2.34. The van der Waals surface area contributed by atoms with Crippen LogP contribution < -0.4 is 5.32 Å². The molecule has 6 nitrogen and oxygen atoms in total. The first-order valence-electron chi connectivity index (χ1n) is 6.95. The number of nitrogens with zero attached hydrogens (tertiary/aromatic N) is 1. The number of amides is 2. The lowest BCUT2D eigenvalue weighted by molar-refractivity contribution is -0.139. The van der Waals surface area contributed by atoms with E-state index in [1.54, 1.807) is 37.3 Å². The fraction of sp³-hybridized carbons (Fsp3) is 0.467. The summed E-state index contributed by atoms with van der Waals surface area (Å²) in [5, 5.41) is 21.7. The summed E-state index contributed by atoms with van der Waals surface area (Å²) in [6.07, 6.45) is 0.979. The maximum atomic E-state index is 12.2. The van der Waals surface area contributed by atoms with Crippen LogP contribution in [-0.4, -0.2) is 45.8 Å². The Morgan fingerprint density at radius 1 is 1.24 bits per heavy atom. The molecular formula is C15H20N2O4. The molecular weight excluding hydrogens is 272 g/mol. The van der Waals surface area contributed by atoms with Crippen LogP contribution in [0.4, 0.5) is 4.79 Å². The molecule has 2 amide bonds. The highest BCUT2D eigenvalue weighted by Crippen LogP contribution is 2.21. The van der Waals surface area contributed by atoms with E-state index in [1.165, 1.54) is 4.90 Å². The molecule has 0 aromatic heterocycles. The first-order valence-corrected chi connectivity index (χ1v) is 6.95. The van der Waals surface area contributed by atoms with Crippen LogP contribution in [-0.2, 0) is 4.79 Å². The predicted octanol–water partition coefficient (Wildman–Crippen LogP) is 1.37. The monoisotopic (exact) mass is 292 g/mol. The molecule has 1 saturated heterocycles. The number of aliphatic carboxylic acids is 1. The highest BCUT2D eigenvalue weighted by Gasteiger charge is 2.31. The van der Waals surface area contributed by atoms with Crippen molar-refractivity contribution in [2.45, 2.75) is 31.4 Å². The molecule has 21 heavy (non-hydrogen) atoms. The number of aliphatic hydroxyl groups is 1. The molecule has 1 aliphatic heterocycles. The normalized spacial score (nSPS) is 18.9. The lowest BCUT2D eigenvalue weighted by atomic mass is 9.94. The number of likely N-dealkylation sites (tertiary alicyclic amines) is 1. The van der Waals surface area contributed by atoms with Gasteiger partial charge < -0.3 is 20.4 Å². The van der Waals surface area contributed by atoms with Gasteiger partial charge >= 0.3 is 12.0 Å². The van der Waals surface area contributed by atoms with E-state index in [2.05, 4.69) is 5.32 Å². The molecule has 3 N–H and O–H groups in total. The molecule has 0 radical (unpaired) electrons. The fourth-order valence-corrected chi connectivity index (χ4v) is 2.34. The molecule has 1 unspecified atom stereocenters. The van der Waals surface area contributed by atoms with Gasteiger partial charge in [0, 0.05) is 13.1 Å². The van der Waals surface area contributed by atoms with Gasteiger partial charge in [-0.25, -0.2) is 9.59 Å². The molecule has 1 aromatic carbocycles. The van der Waals surface area contributed by atoms with Crippen molar-refractivity contribution in [1.82, 2.24) is 10.2 Å². The topological polar surface area (TPSA) is 89.9 Å². The first-order chi connectivity index (χ1) is 9.89. The van der Waals surface area contributed by atoms with E-state index >= 15 is 0 Å². The number of urea groups is 1. The second-order valence-electron chi connectivity index (χ2n) is 5.62. The van der Waals surface area contributed by atoms with Crippen molar-refractivity contribution in [2.75, 3.05) is 13.1 Å². The Balaban J connectivity index is 2.01. The standard InChI is InChI=1S/C15H20N2O4/c1-15(21)7-9-17(10-8-15)14(20)16-12(13(18)19)11-5-3-2-4-6-11/h2-6,12,21H,7-10H2,1H3,(H,16,20)(H,18,19). The minimum atomic E-state index is -1.10. The summed E-state index contributed by atoms with van der Waals surface area (Å²) in [7, 11) is 0. The number of hydrogen-bond acceptors (Lipinski definition) is 3. The highest BCUT2D eigenvalue weighted by atomic mass is 16.4. The van der Waals surface area contributed by atoms with E-state index in [0.717, 1.165) is 0 Å². The summed E-state index contributed by atoms with van der Waals surface area (Å²) in [4.78, 5) is 25.1. The van der Waals surface area contributed by atoms with Gasteiger partial charge in [0.1, 0.15) is 0 Å². The number of carboxylic acids is 1. The summed E-state index contributed by atoms with van der Waals surface area (Å²) in [6.45, 7) is 2.58. The number of benzene rings is 1. The zero-order valence-corrected chi connectivity index (χ0v) is 12.0. The SMILES string of the molecule is CC1(O)CCN(C(=O)NC(C(=O)O)c2ccccc2)CC1. The van der Waals surface area contributed by atoms with E-state index in [1.807, 2.05) is 0 Å². The molecule has 6 heteroatoms. The van der Waals surface area contributed by atoms with Crippen molar-refractivity contribution in [1.29, 1.82) is 0 Å². The average Bonchev–Trinajstić information content (AvgIpc) is 2.45. The predicted molar refractivity (Wildman–Crippen MR) is 76.8 cm³/mol. The van der Waals surface area contributed by atoms with Crippen LogP contribution in [0.15, 0.2) is 30.3 Å². The second-order valence-corrected chi connectivity index (χ2v) is 5.62. The Hall–Kier alpha value is -2.08. The Morgan fingerprint density at radius 2 is 1.81 bits per heavy atom. The maximum Gasteiger partial charge on any atom is 0.330 e. The lowest BCUT2D eigenvalue weighted by Gasteiger charge is -2.36. The van der Waals surface area contributed by atoms with Crippen LogP contribution in [0.3, 0.4) is 0 Å². The maximum absolute atomic E-state index is 12.2. The summed E-state index contributed by atoms with van der Waals surface area (Å²) < 4.78 is 0. The van der Waals surface area contributed by atoms with Crippen LogP contribution in [0.2, 0.25) is 0 Å². The van der Waals surface area contributed by atoms with Gasteiger partial charge in [0.2, 0.25) is 0 Å². The molecule has 1 atom stereocenters. The van der Waals surface area contributed by atoms with E-state index in [4.69, 9.17) is 0 Å².